The summed E-state index contributed by atoms with van der Waals surface area (Å²) < 4.78 is 16.4. The van der Waals surface area contributed by atoms with Gasteiger partial charge in [0, 0.05) is 4.47 Å². The van der Waals surface area contributed by atoms with Crippen LogP contribution in [0.25, 0.3) is 16.7 Å². The van der Waals surface area contributed by atoms with Crippen molar-refractivity contribution in [2.45, 2.75) is 0 Å². The molecule has 1 aromatic heterocycles. The molecule has 0 aliphatic heterocycles. The van der Waals surface area contributed by atoms with Gasteiger partial charge in [0.05, 0.1) is 21.2 Å². The van der Waals surface area contributed by atoms with E-state index in [4.69, 9.17) is 5.73 Å². The van der Waals surface area contributed by atoms with E-state index in [9.17, 15) is 4.39 Å². The number of benzene rings is 2. The molecule has 0 fully saturated rings. The molecule has 19 heavy (non-hydrogen) atoms. The van der Waals surface area contributed by atoms with Gasteiger partial charge in [0.1, 0.15) is 5.82 Å². The first-order valence-electron chi connectivity index (χ1n) is 5.45. The fourth-order valence-electron chi connectivity index (χ4n) is 1.97. The van der Waals surface area contributed by atoms with E-state index < -0.39 is 0 Å². The van der Waals surface area contributed by atoms with Crippen LogP contribution in [-0.2, 0) is 0 Å². The normalized spacial score (nSPS) is 11.1. The van der Waals surface area contributed by atoms with Gasteiger partial charge in [0.15, 0.2) is 0 Å². The minimum Gasteiger partial charge on any atom is -0.369 e. The fourth-order valence-corrected chi connectivity index (χ4v) is 2.68. The molecule has 6 heteroatoms. The molecule has 0 atom stereocenters. The average molecular weight is 385 g/mol. The summed E-state index contributed by atoms with van der Waals surface area (Å²) in [6.07, 6.45) is 0. The molecule has 0 saturated heterocycles. The summed E-state index contributed by atoms with van der Waals surface area (Å²) in [7, 11) is 0. The summed E-state index contributed by atoms with van der Waals surface area (Å²) in [6, 6.07) is 10.5. The molecule has 2 aromatic carbocycles. The van der Waals surface area contributed by atoms with Crippen molar-refractivity contribution in [3.05, 3.63) is 51.2 Å². The third kappa shape index (κ3) is 2.15. The molecule has 1 heterocycles. The summed E-state index contributed by atoms with van der Waals surface area (Å²) in [5.74, 6) is 0.0566. The number of hydrogen-bond donors (Lipinski definition) is 1. The molecule has 3 rings (SSSR count). The van der Waals surface area contributed by atoms with Crippen LogP contribution in [0.5, 0.6) is 0 Å². The predicted octanol–water partition coefficient (Wildman–Crippen LogP) is 4.27. The fraction of sp³-hybridized carbons (Fsp3) is 0. The highest BCUT2D eigenvalue weighted by Gasteiger charge is 2.11. The van der Waals surface area contributed by atoms with Crippen LogP contribution in [0.2, 0.25) is 0 Å². The van der Waals surface area contributed by atoms with Crippen LogP contribution >= 0.6 is 31.9 Å². The first-order valence-corrected chi connectivity index (χ1v) is 7.04. The van der Waals surface area contributed by atoms with E-state index in [-0.39, 0.29) is 5.82 Å². The highest BCUT2D eigenvalue weighted by Crippen LogP contribution is 2.27. The Morgan fingerprint density at radius 1 is 1.11 bits per heavy atom. The van der Waals surface area contributed by atoms with Crippen LogP contribution in [0.15, 0.2) is 45.3 Å². The standard InChI is InChI=1S/C13H8Br2FN3/c14-7-1-4-12-11(5-7)18-13(17)19(12)8-2-3-10(16)9(15)6-8/h1-6H,(H2,17,18). The van der Waals surface area contributed by atoms with Crippen molar-refractivity contribution in [1.82, 2.24) is 9.55 Å². The quantitative estimate of drug-likeness (QED) is 0.680. The molecule has 96 valence electrons. The molecule has 0 amide bonds. The largest absolute Gasteiger partial charge is 0.369 e. The van der Waals surface area contributed by atoms with Gasteiger partial charge in [0.25, 0.3) is 0 Å². The van der Waals surface area contributed by atoms with Crippen LogP contribution in [0, 0.1) is 5.82 Å². The van der Waals surface area contributed by atoms with Gasteiger partial charge < -0.3 is 5.73 Å². The Morgan fingerprint density at radius 3 is 2.63 bits per heavy atom. The zero-order chi connectivity index (χ0) is 13.6. The molecule has 0 aliphatic rings. The van der Waals surface area contributed by atoms with Gasteiger partial charge in [-0.2, -0.15) is 0 Å². The highest BCUT2D eigenvalue weighted by atomic mass is 79.9. The number of nitrogen functional groups attached to an aromatic ring is 1. The first-order chi connectivity index (χ1) is 9.06. The summed E-state index contributed by atoms with van der Waals surface area (Å²) in [5.41, 5.74) is 8.37. The molecule has 3 aromatic rings. The molecular formula is C13H8Br2FN3. The third-order valence-electron chi connectivity index (χ3n) is 2.80. The number of halogens is 3. The van der Waals surface area contributed by atoms with Crippen molar-refractivity contribution >= 4 is 48.8 Å². The Bertz CT molecular complexity index is 783. The summed E-state index contributed by atoms with van der Waals surface area (Å²) in [4.78, 5) is 4.30. The second kappa shape index (κ2) is 4.61. The number of rotatable bonds is 1. The first kappa shape index (κ1) is 12.6. The van der Waals surface area contributed by atoms with Gasteiger partial charge in [-0.3, -0.25) is 4.57 Å². The van der Waals surface area contributed by atoms with E-state index in [1.807, 2.05) is 18.2 Å². The summed E-state index contributed by atoms with van der Waals surface area (Å²) in [5, 5.41) is 0. The van der Waals surface area contributed by atoms with Crippen molar-refractivity contribution in [2.24, 2.45) is 0 Å². The van der Waals surface area contributed by atoms with Crippen LogP contribution in [0.3, 0.4) is 0 Å². The number of aromatic nitrogens is 2. The number of imidazole rings is 1. The highest BCUT2D eigenvalue weighted by molar-refractivity contribution is 9.10. The maximum absolute atomic E-state index is 13.3. The molecule has 0 unspecified atom stereocenters. The smallest absolute Gasteiger partial charge is 0.205 e. The zero-order valence-electron chi connectivity index (χ0n) is 9.57. The Morgan fingerprint density at radius 2 is 1.89 bits per heavy atom. The molecule has 0 bridgehead atoms. The number of nitrogens with two attached hydrogens (primary N) is 1. The minimum absolute atomic E-state index is 0.311. The minimum atomic E-state index is -0.311. The molecule has 0 spiro atoms. The third-order valence-corrected chi connectivity index (χ3v) is 3.90. The van der Waals surface area contributed by atoms with Crippen molar-refractivity contribution in [1.29, 1.82) is 0 Å². The number of nitrogens with zero attached hydrogens (tertiary/aromatic N) is 2. The molecule has 2 N–H and O–H groups in total. The molecular weight excluding hydrogens is 377 g/mol. The van der Waals surface area contributed by atoms with Gasteiger partial charge >= 0.3 is 0 Å². The van der Waals surface area contributed by atoms with Crippen molar-refractivity contribution in [3.63, 3.8) is 0 Å². The van der Waals surface area contributed by atoms with Crippen molar-refractivity contribution < 1.29 is 4.39 Å². The van der Waals surface area contributed by atoms with Gasteiger partial charge in [-0.1, -0.05) is 15.9 Å². The Kier molecular flexibility index (Phi) is 3.06. The van der Waals surface area contributed by atoms with Crippen LogP contribution in [0.1, 0.15) is 0 Å². The zero-order valence-corrected chi connectivity index (χ0v) is 12.7. The van der Waals surface area contributed by atoms with E-state index in [0.29, 0.717) is 10.4 Å². The summed E-state index contributed by atoms with van der Waals surface area (Å²) in [6.45, 7) is 0. The van der Waals surface area contributed by atoms with Crippen LogP contribution in [-0.4, -0.2) is 9.55 Å². The summed E-state index contributed by atoms with van der Waals surface area (Å²) >= 11 is 6.57. The SMILES string of the molecule is Nc1nc2cc(Br)ccc2n1-c1ccc(F)c(Br)c1. The predicted molar refractivity (Wildman–Crippen MR) is 80.8 cm³/mol. The second-order valence-electron chi connectivity index (χ2n) is 4.04. The van der Waals surface area contributed by atoms with Gasteiger partial charge in [-0.15, -0.1) is 0 Å². The molecule has 3 nitrogen and oxygen atoms in total. The number of hydrogen-bond acceptors (Lipinski definition) is 2. The lowest BCUT2D eigenvalue weighted by Gasteiger charge is -2.07. The Balaban J connectivity index is 2.29. The van der Waals surface area contributed by atoms with Gasteiger partial charge in [-0.25, -0.2) is 9.37 Å². The average Bonchev–Trinajstić information content (AvgIpc) is 2.68. The monoisotopic (exact) mass is 383 g/mol. The van der Waals surface area contributed by atoms with Crippen molar-refractivity contribution in [2.75, 3.05) is 5.73 Å². The Hall–Kier alpha value is -1.40. The van der Waals surface area contributed by atoms with Crippen LogP contribution < -0.4 is 5.73 Å². The van der Waals surface area contributed by atoms with Gasteiger partial charge in [0.2, 0.25) is 5.95 Å². The second-order valence-corrected chi connectivity index (χ2v) is 5.81. The lowest BCUT2D eigenvalue weighted by molar-refractivity contribution is 0.620. The van der Waals surface area contributed by atoms with Crippen molar-refractivity contribution in [3.8, 4) is 5.69 Å². The van der Waals surface area contributed by atoms with E-state index in [0.717, 1.165) is 21.2 Å². The van der Waals surface area contributed by atoms with E-state index in [1.54, 1.807) is 16.7 Å². The van der Waals surface area contributed by atoms with E-state index in [2.05, 4.69) is 36.8 Å². The maximum atomic E-state index is 13.3. The Labute approximate surface area is 125 Å². The molecule has 0 aliphatic carbocycles. The van der Waals surface area contributed by atoms with E-state index >= 15 is 0 Å². The molecule has 0 saturated carbocycles. The lowest BCUT2D eigenvalue weighted by atomic mass is 10.2. The number of anilines is 1. The maximum Gasteiger partial charge on any atom is 0.205 e. The van der Waals surface area contributed by atoms with E-state index in [1.165, 1.54) is 6.07 Å². The van der Waals surface area contributed by atoms with Gasteiger partial charge in [-0.05, 0) is 52.3 Å². The topological polar surface area (TPSA) is 43.8 Å². The molecule has 0 radical (unpaired) electrons. The van der Waals surface area contributed by atoms with Crippen LogP contribution in [0.4, 0.5) is 10.3 Å². The number of fused-ring (bicyclic) bond motifs is 1. The lowest BCUT2D eigenvalue weighted by Crippen LogP contribution is -2.00.